The zero-order chi connectivity index (χ0) is 9.97. The van der Waals surface area contributed by atoms with Gasteiger partial charge in [-0.15, -0.1) is 0 Å². The van der Waals surface area contributed by atoms with Gasteiger partial charge in [0.25, 0.3) is 0 Å². The van der Waals surface area contributed by atoms with E-state index in [0.29, 0.717) is 13.0 Å². The largest absolute Gasteiger partial charge is 0.347 e. The predicted octanol–water partition coefficient (Wildman–Crippen LogP) is 3.65. The Balaban J connectivity index is 2.42. The van der Waals surface area contributed by atoms with Gasteiger partial charge in [0.2, 0.25) is 0 Å². The zero-order valence-corrected chi connectivity index (χ0v) is 8.47. The number of hydrogen-bond donors (Lipinski definition) is 0. The van der Waals surface area contributed by atoms with E-state index in [2.05, 4.69) is 0 Å². The van der Waals surface area contributed by atoms with Crippen LogP contribution in [0.5, 0.6) is 0 Å². The molecule has 0 atom stereocenters. The highest BCUT2D eigenvalue weighted by Crippen LogP contribution is 2.24. The summed E-state index contributed by atoms with van der Waals surface area (Å²) < 4.78 is 14.1. The number of rotatable bonds is 3. The Hall–Kier alpha value is -1.02. The van der Waals surface area contributed by atoms with Gasteiger partial charge in [-0.3, -0.25) is 4.39 Å². The van der Waals surface area contributed by atoms with Crippen LogP contribution in [0.3, 0.4) is 0 Å². The lowest BCUT2D eigenvalue weighted by Gasteiger charge is -2.03. The molecular weight excluding hydrogens is 201 g/mol. The maximum absolute atomic E-state index is 12.0. The third-order valence-electron chi connectivity index (χ3n) is 2.29. The Morgan fingerprint density at radius 1 is 1.29 bits per heavy atom. The molecule has 1 aromatic heterocycles. The fourth-order valence-electron chi connectivity index (χ4n) is 1.61. The molecule has 0 saturated carbocycles. The highest BCUT2D eigenvalue weighted by atomic mass is 35.5. The highest BCUT2D eigenvalue weighted by Gasteiger charge is 2.02. The molecule has 0 saturated heterocycles. The van der Waals surface area contributed by atoms with Crippen molar-refractivity contribution in [2.75, 3.05) is 6.67 Å². The average Bonchev–Trinajstić information content (AvgIpc) is 2.60. The lowest BCUT2D eigenvalue weighted by Crippen LogP contribution is -1.96. The van der Waals surface area contributed by atoms with Crippen LogP contribution in [-0.4, -0.2) is 11.2 Å². The number of aromatic nitrogens is 1. The molecule has 0 spiro atoms. The van der Waals surface area contributed by atoms with E-state index in [9.17, 15) is 4.39 Å². The number of benzene rings is 1. The van der Waals surface area contributed by atoms with Crippen molar-refractivity contribution < 1.29 is 4.39 Å². The number of nitrogens with zero attached hydrogens (tertiary/aromatic N) is 1. The summed E-state index contributed by atoms with van der Waals surface area (Å²) in [6.07, 6.45) is 2.50. The second kappa shape index (κ2) is 4.01. The maximum atomic E-state index is 12.0. The molecule has 0 aliphatic carbocycles. The molecule has 1 nitrogen and oxygen atoms in total. The molecule has 0 amide bonds. The molecule has 0 aliphatic heterocycles. The minimum atomic E-state index is -0.278. The van der Waals surface area contributed by atoms with E-state index in [1.165, 1.54) is 0 Å². The second-order valence-corrected chi connectivity index (χ2v) is 3.63. The van der Waals surface area contributed by atoms with E-state index < -0.39 is 0 Å². The monoisotopic (exact) mass is 211 g/mol. The number of fused-ring (bicyclic) bond motifs is 1. The van der Waals surface area contributed by atoms with Crippen LogP contribution in [-0.2, 0) is 6.54 Å². The molecule has 3 heteroatoms. The van der Waals surface area contributed by atoms with Crippen molar-refractivity contribution in [3.63, 3.8) is 0 Å². The Kier molecular flexibility index (Phi) is 2.73. The van der Waals surface area contributed by atoms with Gasteiger partial charge < -0.3 is 4.57 Å². The van der Waals surface area contributed by atoms with Crippen molar-refractivity contribution >= 4 is 22.5 Å². The van der Waals surface area contributed by atoms with Crippen molar-refractivity contribution in [1.82, 2.24) is 4.57 Å². The average molecular weight is 212 g/mol. The van der Waals surface area contributed by atoms with E-state index >= 15 is 0 Å². The Morgan fingerprint density at radius 3 is 2.93 bits per heavy atom. The quantitative estimate of drug-likeness (QED) is 0.730. The van der Waals surface area contributed by atoms with Crippen molar-refractivity contribution in [3.8, 4) is 0 Å². The summed E-state index contributed by atoms with van der Waals surface area (Å²) in [6, 6.07) is 7.75. The molecule has 0 N–H and O–H groups in total. The molecule has 0 radical (unpaired) electrons. The molecule has 14 heavy (non-hydrogen) atoms. The van der Waals surface area contributed by atoms with Crippen molar-refractivity contribution in [1.29, 1.82) is 0 Å². The standard InChI is InChI=1S/C11H11ClFN/c12-10-3-1-4-11-9(10)5-8-14(11)7-2-6-13/h1,3-5,8H,2,6-7H2. The van der Waals surface area contributed by atoms with Crippen molar-refractivity contribution in [2.24, 2.45) is 0 Å². The van der Waals surface area contributed by atoms with Gasteiger partial charge in [-0.25, -0.2) is 0 Å². The van der Waals surface area contributed by atoms with Crippen LogP contribution in [0.4, 0.5) is 4.39 Å². The van der Waals surface area contributed by atoms with Gasteiger partial charge in [-0.2, -0.15) is 0 Å². The summed E-state index contributed by atoms with van der Waals surface area (Å²) >= 11 is 6.02. The minimum absolute atomic E-state index is 0.278. The van der Waals surface area contributed by atoms with Crippen LogP contribution in [0.2, 0.25) is 5.02 Å². The number of hydrogen-bond acceptors (Lipinski definition) is 0. The van der Waals surface area contributed by atoms with Crippen LogP contribution >= 0.6 is 11.6 Å². The van der Waals surface area contributed by atoms with Crippen molar-refractivity contribution in [2.45, 2.75) is 13.0 Å². The smallest absolute Gasteiger partial charge is 0.0911 e. The van der Waals surface area contributed by atoms with Gasteiger partial charge in [0, 0.05) is 28.7 Å². The van der Waals surface area contributed by atoms with Crippen molar-refractivity contribution in [3.05, 3.63) is 35.5 Å². The summed E-state index contributed by atoms with van der Waals surface area (Å²) in [5, 5.41) is 1.79. The van der Waals surface area contributed by atoms with Crippen LogP contribution in [0, 0.1) is 0 Å². The van der Waals surface area contributed by atoms with E-state index in [0.717, 1.165) is 15.9 Å². The SMILES string of the molecule is FCCCn1ccc2c(Cl)cccc21. The third-order valence-corrected chi connectivity index (χ3v) is 2.62. The van der Waals surface area contributed by atoms with Gasteiger partial charge >= 0.3 is 0 Å². The Bertz CT molecular complexity index is 436. The first kappa shape index (κ1) is 9.53. The fraction of sp³-hybridized carbons (Fsp3) is 0.273. The maximum Gasteiger partial charge on any atom is 0.0911 e. The predicted molar refractivity (Wildman–Crippen MR) is 57.5 cm³/mol. The second-order valence-electron chi connectivity index (χ2n) is 3.22. The molecule has 2 rings (SSSR count). The number of halogens is 2. The first-order chi connectivity index (χ1) is 6.83. The lowest BCUT2D eigenvalue weighted by molar-refractivity contribution is 0.450. The molecule has 74 valence electrons. The number of aryl methyl sites for hydroxylation is 1. The summed E-state index contributed by atoms with van der Waals surface area (Å²) in [4.78, 5) is 0. The third kappa shape index (κ3) is 1.62. The van der Waals surface area contributed by atoms with Gasteiger partial charge in [0.05, 0.1) is 6.67 Å². The van der Waals surface area contributed by atoms with E-state index in [1.54, 1.807) is 0 Å². The fourth-order valence-corrected chi connectivity index (χ4v) is 1.84. The molecule has 1 aromatic carbocycles. The van der Waals surface area contributed by atoms with Crippen LogP contribution in [0.15, 0.2) is 30.5 Å². The van der Waals surface area contributed by atoms with E-state index in [4.69, 9.17) is 11.6 Å². The topological polar surface area (TPSA) is 4.93 Å². The molecule has 2 aromatic rings. The van der Waals surface area contributed by atoms with E-state index in [-0.39, 0.29) is 6.67 Å². The van der Waals surface area contributed by atoms with Gasteiger partial charge in [0.1, 0.15) is 0 Å². The normalized spacial score (nSPS) is 11.0. The molecule has 0 aliphatic rings. The minimum Gasteiger partial charge on any atom is -0.347 e. The lowest BCUT2D eigenvalue weighted by atomic mass is 10.2. The van der Waals surface area contributed by atoms with Crippen LogP contribution in [0.25, 0.3) is 10.9 Å². The summed E-state index contributed by atoms with van der Waals surface area (Å²) in [7, 11) is 0. The zero-order valence-electron chi connectivity index (χ0n) is 7.71. The molecule has 0 unspecified atom stereocenters. The van der Waals surface area contributed by atoms with Crippen LogP contribution < -0.4 is 0 Å². The molecule has 1 heterocycles. The molecule has 0 bridgehead atoms. The Morgan fingerprint density at radius 2 is 2.14 bits per heavy atom. The van der Waals surface area contributed by atoms with Gasteiger partial charge in [-0.05, 0) is 24.6 Å². The molecular formula is C11H11ClFN. The first-order valence-corrected chi connectivity index (χ1v) is 5.00. The first-order valence-electron chi connectivity index (χ1n) is 4.62. The van der Waals surface area contributed by atoms with Gasteiger partial charge in [-0.1, -0.05) is 17.7 Å². The van der Waals surface area contributed by atoms with Gasteiger partial charge in [0.15, 0.2) is 0 Å². The van der Waals surface area contributed by atoms with Crippen LogP contribution in [0.1, 0.15) is 6.42 Å². The molecule has 0 fully saturated rings. The summed E-state index contributed by atoms with van der Waals surface area (Å²) in [5.41, 5.74) is 1.07. The summed E-state index contributed by atoms with van der Waals surface area (Å²) in [5.74, 6) is 0. The van der Waals surface area contributed by atoms with E-state index in [1.807, 2.05) is 35.0 Å². The number of alkyl halides is 1. The Labute approximate surface area is 87.1 Å². The summed E-state index contributed by atoms with van der Waals surface area (Å²) in [6.45, 7) is 0.431. The highest BCUT2D eigenvalue weighted by molar-refractivity contribution is 6.35.